The molecule has 1 aliphatic rings. The third-order valence-electron chi connectivity index (χ3n) is 2.61. The molecule has 6 nitrogen and oxygen atoms in total. The molecule has 1 heterocycles. The molecule has 96 valence electrons. The summed E-state index contributed by atoms with van der Waals surface area (Å²) in [5.74, 6) is -1.08. The van der Waals surface area contributed by atoms with Gasteiger partial charge in [0.2, 0.25) is 0 Å². The van der Waals surface area contributed by atoms with Crippen LogP contribution in [-0.2, 0) is 4.79 Å². The van der Waals surface area contributed by atoms with E-state index in [4.69, 9.17) is 16.7 Å². The van der Waals surface area contributed by atoms with Crippen LogP contribution in [-0.4, -0.2) is 44.9 Å². The van der Waals surface area contributed by atoms with Crippen LogP contribution < -0.4 is 0 Å². The fourth-order valence-corrected chi connectivity index (χ4v) is 1.75. The number of rotatable bonds is 5. The van der Waals surface area contributed by atoms with Crippen molar-refractivity contribution in [3.63, 3.8) is 0 Å². The number of nitrogens with zero attached hydrogens (tertiary/aromatic N) is 3. The summed E-state index contributed by atoms with van der Waals surface area (Å²) in [6, 6.07) is 0. The minimum atomic E-state index is -1.04. The monoisotopic (exact) mass is 269 g/mol. The van der Waals surface area contributed by atoms with E-state index < -0.39 is 11.9 Å². The number of amides is 1. The van der Waals surface area contributed by atoms with Crippen LogP contribution in [0.4, 0.5) is 0 Å². The molecule has 0 aliphatic heterocycles. The number of carbonyl (C=O) groups excluding carboxylic acids is 1. The van der Waals surface area contributed by atoms with E-state index in [0.717, 1.165) is 12.8 Å². The Kier molecular flexibility index (Phi) is 3.76. The zero-order valence-corrected chi connectivity index (χ0v) is 10.3. The Labute approximate surface area is 109 Å². The van der Waals surface area contributed by atoms with Gasteiger partial charge in [0.05, 0.1) is 12.4 Å². The van der Waals surface area contributed by atoms with Gasteiger partial charge in [-0.1, -0.05) is 11.6 Å². The van der Waals surface area contributed by atoms with Crippen LogP contribution >= 0.6 is 11.6 Å². The Morgan fingerprint density at radius 3 is 2.72 bits per heavy atom. The highest BCUT2D eigenvalue weighted by Gasteiger charge is 2.29. The van der Waals surface area contributed by atoms with E-state index in [9.17, 15) is 9.59 Å². The standard InChI is InChI=1S/C11H12ClN3O3/c12-9-4-13-3-8(14-9)11(18)15(6-10(16)17)5-7-1-2-7/h3-4,7H,1-2,5-6H2,(H,16,17). The average molecular weight is 270 g/mol. The molecule has 0 saturated heterocycles. The predicted molar refractivity (Wildman–Crippen MR) is 63.3 cm³/mol. The molecule has 0 spiro atoms. The van der Waals surface area contributed by atoms with Gasteiger partial charge in [-0.05, 0) is 18.8 Å². The summed E-state index contributed by atoms with van der Waals surface area (Å²) < 4.78 is 0. The summed E-state index contributed by atoms with van der Waals surface area (Å²) in [5, 5.41) is 8.93. The van der Waals surface area contributed by atoms with Crippen LogP contribution in [0.15, 0.2) is 12.4 Å². The maximum Gasteiger partial charge on any atom is 0.323 e. The summed E-state index contributed by atoms with van der Waals surface area (Å²) in [5.41, 5.74) is 0.0735. The van der Waals surface area contributed by atoms with Crippen molar-refractivity contribution in [1.29, 1.82) is 0 Å². The van der Waals surface area contributed by atoms with Crippen molar-refractivity contribution in [2.75, 3.05) is 13.1 Å². The van der Waals surface area contributed by atoms with E-state index >= 15 is 0 Å². The summed E-state index contributed by atoms with van der Waals surface area (Å²) in [6.45, 7) is 0.114. The first-order valence-electron chi connectivity index (χ1n) is 5.55. The molecule has 1 fully saturated rings. The third-order valence-corrected chi connectivity index (χ3v) is 2.80. The Hall–Kier alpha value is -1.69. The highest BCUT2D eigenvalue weighted by atomic mass is 35.5. The van der Waals surface area contributed by atoms with Crippen molar-refractivity contribution in [1.82, 2.24) is 14.9 Å². The van der Waals surface area contributed by atoms with Crippen LogP contribution in [0.1, 0.15) is 23.3 Å². The number of aromatic nitrogens is 2. The number of aliphatic carboxylic acids is 1. The van der Waals surface area contributed by atoms with Gasteiger partial charge < -0.3 is 10.0 Å². The summed E-state index contributed by atoms with van der Waals surface area (Å²) in [4.78, 5) is 31.8. The highest BCUT2D eigenvalue weighted by molar-refractivity contribution is 6.29. The lowest BCUT2D eigenvalue weighted by Crippen LogP contribution is -2.37. The summed E-state index contributed by atoms with van der Waals surface area (Å²) in [7, 11) is 0. The number of carboxylic acid groups (broad SMARTS) is 1. The Morgan fingerprint density at radius 1 is 1.44 bits per heavy atom. The second kappa shape index (κ2) is 5.30. The first-order valence-corrected chi connectivity index (χ1v) is 5.92. The van der Waals surface area contributed by atoms with Gasteiger partial charge in [0, 0.05) is 6.54 Å². The molecule has 0 radical (unpaired) electrons. The molecular weight excluding hydrogens is 258 g/mol. The molecule has 1 saturated carbocycles. The van der Waals surface area contributed by atoms with Gasteiger partial charge in [0.15, 0.2) is 0 Å². The van der Waals surface area contributed by atoms with Crippen LogP contribution in [0.3, 0.4) is 0 Å². The van der Waals surface area contributed by atoms with Crippen LogP contribution in [0.25, 0.3) is 0 Å². The zero-order valence-electron chi connectivity index (χ0n) is 9.54. The van der Waals surface area contributed by atoms with Crippen molar-refractivity contribution < 1.29 is 14.7 Å². The number of hydrogen-bond acceptors (Lipinski definition) is 4. The van der Waals surface area contributed by atoms with Gasteiger partial charge in [-0.2, -0.15) is 0 Å². The minimum absolute atomic E-state index is 0.0735. The van der Waals surface area contributed by atoms with Gasteiger partial charge in [0.25, 0.3) is 5.91 Å². The van der Waals surface area contributed by atoms with Gasteiger partial charge in [-0.3, -0.25) is 14.6 Å². The van der Waals surface area contributed by atoms with Gasteiger partial charge >= 0.3 is 5.97 Å². The van der Waals surface area contributed by atoms with Crippen LogP contribution in [0, 0.1) is 5.92 Å². The van der Waals surface area contributed by atoms with E-state index in [2.05, 4.69) is 9.97 Å². The Bertz CT molecular complexity index is 476. The molecule has 7 heteroatoms. The van der Waals surface area contributed by atoms with Gasteiger partial charge in [0.1, 0.15) is 17.4 Å². The third kappa shape index (κ3) is 3.40. The smallest absolute Gasteiger partial charge is 0.323 e. The lowest BCUT2D eigenvalue weighted by Gasteiger charge is -2.19. The molecule has 0 unspecified atom stereocenters. The molecule has 1 amide bonds. The molecule has 0 bridgehead atoms. The van der Waals surface area contributed by atoms with Crippen molar-refractivity contribution in [3.05, 3.63) is 23.2 Å². The Balaban J connectivity index is 2.12. The summed E-state index contributed by atoms with van der Waals surface area (Å²) in [6.07, 6.45) is 4.67. The van der Waals surface area contributed by atoms with Gasteiger partial charge in [-0.15, -0.1) is 0 Å². The normalized spacial score (nSPS) is 14.3. The highest BCUT2D eigenvalue weighted by Crippen LogP contribution is 2.30. The number of carbonyl (C=O) groups is 2. The van der Waals surface area contributed by atoms with Crippen LogP contribution in [0.5, 0.6) is 0 Å². The second-order valence-electron chi connectivity index (χ2n) is 4.25. The van der Waals surface area contributed by atoms with E-state index in [0.29, 0.717) is 12.5 Å². The zero-order chi connectivity index (χ0) is 13.1. The molecule has 1 aromatic heterocycles. The Morgan fingerprint density at radius 2 is 2.17 bits per heavy atom. The van der Waals surface area contributed by atoms with Crippen molar-refractivity contribution in [2.24, 2.45) is 5.92 Å². The molecule has 1 N–H and O–H groups in total. The molecular formula is C11H12ClN3O3. The van der Waals surface area contributed by atoms with Crippen molar-refractivity contribution >= 4 is 23.5 Å². The maximum absolute atomic E-state index is 12.1. The fraction of sp³-hybridized carbons (Fsp3) is 0.455. The van der Waals surface area contributed by atoms with Gasteiger partial charge in [-0.25, -0.2) is 4.98 Å². The predicted octanol–water partition coefficient (Wildman–Crippen LogP) is 1.07. The first-order chi connectivity index (χ1) is 8.56. The quantitative estimate of drug-likeness (QED) is 0.864. The molecule has 1 aromatic rings. The number of carboxylic acids is 1. The number of halogens is 1. The maximum atomic E-state index is 12.1. The molecule has 0 aromatic carbocycles. The molecule has 18 heavy (non-hydrogen) atoms. The summed E-state index contributed by atoms with van der Waals surface area (Å²) >= 11 is 5.66. The van der Waals surface area contributed by atoms with E-state index in [1.165, 1.54) is 17.3 Å². The SMILES string of the molecule is O=C(O)CN(CC1CC1)C(=O)c1cncc(Cl)n1. The molecule has 2 rings (SSSR count). The van der Waals surface area contributed by atoms with Crippen molar-refractivity contribution in [3.8, 4) is 0 Å². The van der Waals surface area contributed by atoms with E-state index in [1.807, 2.05) is 0 Å². The number of hydrogen-bond donors (Lipinski definition) is 1. The lowest BCUT2D eigenvalue weighted by atomic mass is 10.3. The fourth-order valence-electron chi connectivity index (χ4n) is 1.60. The average Bonchev–Trinajstić information content (AvgIpc) is 3.10. The van der Waals surface area contributed by atoms with E-state index in [1.54, 1.807) is 0 Å². The van der Waals surface area contributed by atoms with Crippen molar-refractivity contribution in [2.45, 2.75) is 12.8 Å². The lowest BCUT2D eigenvalue weighted by molar-refractivity contribution is -0.137. The topological polar surface area (TPSA) is 83.4 Å². The first kappa shape index (κ1) is 12.8. The van der Waals surface area contributed by atoms with Crippen LogP contribution in [0.2, 0.25) is 5.15 Å². The largest absolute Gasteiger partial charge is 0.480 e. The minimum Gasteiger partial charge on any atom is -0.480 e. The molecule has 1 aliphatic carbocycles. The molecule has 0 atom stereocenters. The second-order valence-corrected chi connectivity index (χ2v) is 4.64. The van der Waals surface area contributed by atoms with E-state index in [-0.39, 0.29) is 17.4 Å².